The molecule has 1 aliphatic carbocycles. The molecule has 0 radical (unpaired) electrons. The minimum Gasteiger partial charge on any atom is -0.493 e. The third-order valence-corrected chi connectivity index (χ3v) is 3.81. The van der Waals surface area contributed by atoms with Crippen LogP contribution in [0.25, 0.3) is 0 Å². The molecular formula is C15H20O5. The number of hydrogen-bond donors (Lipinski definition) is 1. The van der Waals surface area contributed by atoms with Gasteiger partial charge in [-0.2, -0.15) is 0 Å². The maximum absolute atomic E-state index is 11.8. The van der Waals surface area contributed by atoms with Crippen LogP contribution in [0.5, 0.6) is 11.5 Å². The Bertz CT molecular complexity index is 497. The minimum absolute atomic E-state index is 0.375. The molecule has 2 unspecified atom stereocenters. The van der Waals surface area contributed by atoms with Gasteiger partial charge < -0.3 is 19.3 Å². The number of aryl methyl sites for hydroxylation is 1. The summed E-state index contributed by atoms with van der Waals surface area (Å²) in [4.78, 5) is 11.8. The van der Waals surface area contributed by atoms with Gasteiger partial charge in [0.2, 0.25) is 0 Å². The number of hydrogen-bond acceptors (Lipinski definition) is 5. The summed E-state index contributed by atoms with van der Waals surface area (Å²) in [7, 11) is 4.47. The first-order valence-corrected chi connectivity index (χ1v) is 6.63. The summed E-state index contributed by atoms with van der Waals surface area (Å²) in [5.41, 5.74) is 1.71. The van der Waals surface area contributed by atoms with Gasteiger partial charge in [0.1, 0.15) is 0 Å². The summed E-state index contributed by atoms with van der Waals surface area (Å²) in [6.07, 6.45) is 1.34. The van der Waals surface area contributed by atoms with Crippen molar-refractivity contribution in [1.29, 1.82) is 0 Å². The van der Waals surface area contributed by atoms with Crippen molar-refractivity contribution in [2.45, 2.75) is 25.4 Å². The van der Waals surface area contributed by atoms with E-state index in [9.17, 15) is 9.90 Å². The Kier molecular flexibility index (Phi) is 4.49. The molecular weight excluding hydrogens is 260 g/mol. The van der Waals surface area contributed by atoms with Crippen LogP contribution in [0.15, 0.2) is 12.1 Å². The zero-order valence-corrected chi connectivity index (χ0v) is 12.0. The van der Waals surface area contributed by atoms with Gasteiger partial charge in [-0.3, -0.25) is 4.79 Å². The standard InChI is InChI=1S/C15H20O5/c1-18-12-7-9-5-4-6-10(15(17)20-3)14(16)11(9)8-13(12)19-2/h7-8,10,14,16H,4-6H2,1-3H3. The summed E-state index contributed by atoms with van der Waals surface area (Å²) in [6.45, 7) is 0. The number of carbonyl (C=O) groups excluding carboxylic acids is 1. The smallest absolute Gasteiger partial charge is 0.311 e. The van der Waals surface area contributed by atoms with Crippen LogP contribution in [-0.4, -0.2) is 32.4 Å². The highest BCUT2D eigenvalue weighted by atomic mass is 16.5. The van der Waals surface area contributed by atoms with Crippen LogP contribution in [0, 0.1) is 5.92 Å². The molecule has 1 aromatic carbocycles. The molecule has 0 saturated heterocycles. The van der Waals surface area contributed by atoms with Crippen molar-refractivity contribution in [1.82, 2.24) is 0 Å². The Morgan fingerprint density at radius 1 is 1.20 bits per heavy atom. The largest absolute Gasteiger partial charge is 0.493 e. The van der Waals surface area contributed by atoms with E-state index in [0.29, 0.717) is 17.9 Å². The van der Waals surface area contributed by atoms with Crippen molar-refractivity contribution < 1.29 is 24.1 Å². The molecule has 1 aliphatic rings. The van der Waals surface area contributed by atoms with Crippen molar-refractivity contribution in [3.63, 3.8) is 0 Å². The fraction of sp³-hybridized carbons (Fsp3) is 0.533. The van der Waals surface area contributed by atoms with Gasteiger partial charge in [-0.1, -0.05) is 0 Å². The van der Waals surface area contributed by atoms with E-state index in [1.54, 1.807) is 20.3 Å². The van der Waals surface area contributed by atoms with E-state index in [-0.39, 0.29) is 5.97 Å². The molecule has 0 saturated carbocycles. The maximum atomic E-state index is 11.8. The number of esters is 1. The van der Waals surface area contributed by atoms with Crippen LogP contribution in [0.3, 0.4) is 0 Å². The summed E-state index contributed by atoms with van der Waals surface area (Å²) in [5.74, 6) is 0.283. The number of ether oxygens (including phenoxy) is 3. The van der Waals surface area contributed by atoms with Crippen molar-refractivity contribution in [2.24, 2.45) is 5.92 Å². The van der Waals surface area contributed by atoms with Gasteiger partial charge in [-0.05, 0) is 42.5 Å². The fourth-order valence-electron chi connectivity index (χ4n) is 2.71. The van der Waals surface area contributed by atoms with Gasteiger partial charge in [0.15, 0.2) is 11.5 Å². The summed E-state index contributed by atoms with van der Waals surface area (Å²) in [5, 5.41) is 10.5. The third-order valence-electron chi connectivity index (χ3n) is 3.81. The first-order valence-electron chi connectivity index (χ1n) is 6.63. The first-order chi connectivity index (χ1) is 9.62. The number of aliphatic hydroxyl groups excluding tert-OH is 1. The molecule has 110 valence electrons. The second-order valence-corrected chi connectivity index (χ2v) is 4.87. The number of rotatable bonds is 3. The van der Waals surface area contributed by atoms with Gasteiger partial charge in [-0.25, -0.2) is 0 Å². The Morgan fingerprint density at radius 3 is 2.45 bits per heavy atom. The Hall–Kier alpha value is -1.75. The lowest BCUT2D eigenvalue weighted by molar-refractivity contribution is -0.150. The second-order valence-electron chi connectivity index (χ2n) is 4.87. The molecule has 0 amide bonds. The topological polar surface area (TPSA) is 65.0 Å². The van der Waals surface area contributed by atoms with E-state index >= 15 is 0 Å². The zero-order chi connectivity index (χ0) is 14.7. The van der Waals surface area contributed by atoms with Gasteiger partial charge in [0.05, 0.1) is 33.4 Å². The van der Waals surface area contributed by atoms with Gasteiger partial charge in [0, 0.05) is 0 Å². The number of fused-ring (bicyclic) bond motifs is 1. The highest BCUT2D eigenvalue weighted by Crippen LogP contribution is 2.39. The van der Waals surface area contributed by atoms with Crippen LogP contribution < -0.4 is 9.47 Å². The normalized spacial score (nSPS) is 21.6. The van der Waals surface area contributed by atoms with E-state index in [4.69, 9.17) is 14.2 Å². The lowest BCUT2D eigenvalue weighted by Crippen LogP contribution is -2.23. The molecule has 0 bridgehead atoms. The Morgan fingerprint density at radius 2 is 1.85 bits per heavy atom. The lowest BCUT2D eigenvalue weighted by Gasteiger charge is -2.21. The average molecular weight is 280 g/mol. The predicted octanol–water partition coefficient (Wildman–Crippen LogP) is 1.86. The van der Waals surface area contributed by atoms with Crippen LogP contribution >= 0.6 is 0 Å². The number of methoxy groups -OCH3 is 3. The number of benzene rings is 1. The van der Waals surface area contributed by atoms with Gasteiger partial charge in [0.25, 0.3) is 0 Å². The lowest BCUT2D eigenvalue weighted by atomic mass is 9.93. The van der Waals surface area contributed by atoms with Crippen LogP contribution in [0.1, 0.15) is 30.1 Å². The zero-order valence-electron chi connectivity index (χ0n) is 12.0. The second kappa shape index (κ2) is 6.13. The maximum Gasteiger partial charge on any atom is 0.311 e. The van der Waals surface area contributed by atoms with Crippen LogP contribution in [0.4, 0.5) is 0 Å². The van der Waals surface area contributed by atoms with E-state index < -0.39 is 12.0 Å². The third kappa shape index (κ3) is 2.58. The quantitative estimate of drug-likeness (QED) is 0.676. The summed E-state index contributed by atoms with van der Waals surface area (Å²) < 4.78 is 15.3. The van der Waals surface area contributed by atoms with E-state index in [1.807, 2.05) is 6.07 Å². The highest BCUT2D eigenvalue weighted by Gasteiger charge is 2.33. The molecule has 2 rings (SSSR count). The molecule has 20 heavy (non-hydrogen) atoms. The molecule has 0 heterocycles. The number of carbonyl (C=O) groups is 1. The number of aliphatic hydroxyl groups is 1. The first kappa shape index (κ1) is 14.7. The highest BCUT2D eigenvalue weighted by molar-refractivity contribution is 5.73. The van der Waals surface area contributed by atoms with E-state index in [2.05, 4.69) is 0 Å². The van der Waals surface area contributed by atoms with Crippen molar-refractivity contribution in [3.05, 3.63) is 23.3 Å². The molecule has 0 spiro atoms. The monoisotopic (exact) mass is 280 g/mol. The summed E-state index contributed by atoms with van der Waals surface area (Å²) >= 11 is 0. The van der Waals surface area contributed by atoms with Crippen LogP contribution in [-0.2, 0) is 16.0 Å². The molecule has 1 N–H and O–H groups in total. The minimum atomic E-state index is -0.875. The fourth-order valence-corrected chi connectivity index (χ4v) is 2.71. The van der Waals surface area contributed by atoms with E-state index in [0.717, 1.165) is 24.0 Å². The molecule has 1 aromatic rings. The van der Waals surface area contributed by atoms with Gasteiger partial charge in [-0.15, -0.1) is 0 Å². The Labute approximate surface area is 118 Å². The van der Waals surface area contributed by atoms with Gasteiger partial charge >= 0.3 is 5.97 Å². The Balaban J connectivity index is 2.45. The SMILES string of the molecule is COC(=O)C1CCCc2cc(OC)c(OC)cc2C1O. The van der Waals surface area contributed by atoms with E-state index in [1.165, 1.54) is 7.11 Å². The molecule has 0 aromatic heterocycles. The summed E-state index contributed by atoms with van der Waals surface area (Å²) in [6, 6.07) is 3.62. The van der Waals surface area contributed by atoms with Crippen molar-refractivity contribution >= 4 is 5.97 Å². The molecule has 5 heteroatoms. The van der Waals surface area contributed by atoms with Crippen molar-refractivity contribution in [3.8, 4) is 11.5 Å². The van der Waals surface area contributed by atoms with Crippen molar-refractivity contribution in [2.75, 3.05) is 21.3 Å². The van der Waals surface area contributed by atoms with Crippen LogP contribution in [0.2, 0.25) is 0 Å². The molecule has 2 atom stereocenters. The predicted molar refractivity (Wildman–Crippen MR) is 72.9 cm³/mol. The molecule has 5 nitrogen and oxygen atoms in total. The average Bonchev–Trinajstić information content (AvgIpc) is 2.64. The molecule has 0 fully saturated rings. The molecule has 0 aliphatic heterocycles.